The van der Waals surface area contributed by atoms with Gasteiger partial charge in [0.2, 0.25) is 0 Å². The van der Waals surface area contributed by atoms with E-state index in [0.29, 0.717) is 13.2 Å². The van der Waals surface area contributed by atoms with Crippen LogP contribution in [0.25, 0.3) is 0 Å². The molecule has 0 aliphatic carbocycles. The Kier molecular flexibility index (Phi) is 5.18. The van der Waals surface area contributed by atoms with Gasteiger partial charge in [-0.3, -0.25) is 4.79 Å². The Bertz CT molecular complexity index is 233. The second kappa shape index (κ2) is 6.18. The normalized spacial score (nSPS) is 24.4. The molecule has 0 aromatic carbocycles. The molecule has 1 saturated heterocycles. The van der Waals surface area contributed by atoms with Crippen molar-refractivity contribution in [2.75, 3.05) is 33.4 Å². The summed E-state index contributed by atoms with van der Waals surface area (Å²) in [6.45, 7) is 6.51. The fraction of sp³-hybridized carbons (Fsp3) is 0.909. The predicted octanol–water partition coefficient (Wildman–Crippen LogP) is -0.156. The van der Waals surface area contributed by atoms with Crippen LogP contribution in [0.15, 0.2) is 0 Å². The predicted molar refractivity (Wildman–Crippen MR) is 61.0 cm³/mol. The molecule has 1 rings (SSSR count). The number of hydrogen-bond acceptors (Lipinski definition) is 5. The molecule has 94 valence electrons. The van der Waals surface area contributed by atoms with Gasteiger partial charge in [0.1, 0.15) is 18.8 Å². The van der Waals surface area contributed by atoms with Gasteiger partial charge in [-0.25, -0.2) is 0 Å². The van der Waals surface area contributed by atoms with Crippen molar-refractivity contribution in [3.05, 3.63) is 0 Å². The molecular weight excluding hydrogens is 208 g/mol. The first kappa shape index (κ1) is 13.4. The van der Waals surface area contributed by atoms with Gasteiger partial charge in [-0.15, -0.1) is 0 Å². The molecule has 0 saturated carbocycles. The highest BCUT2D eigenvalue weighted by molar-refractivity contribution is 5.75. The summed E-state index contributed by atoms with van der Waals surface area (Å²) in [4.78, 5) is 13.6. The molecule has 2 N–H and O–H groups in total. The Morgan fingerprint density at radius 2 is 2.31 bits per heavy atom. The summed E-state index contributed by atoms with van der Waals surface area (Å²) in [5.41, 5.74) is 5.68. The minimum Gasteiger partial charge on any atom is -0.462 e. The Balaban J connectivity index is 2.25. The minimum atomic E-state index is -0.540. The van der Waals surface area contributed by atoms with Gasteiger partial charge in [0.05, 0.1) is 6.61 Å². The van der Waals surface area contributed by atoms with Crippen LogP contribution in [0.5, 0.6) is 0 Å². The Hall–Kier alpha value is -0.650. The smallest absolute Gasteiger partial charge is 0.323 e. The number of nitrogens with zero attached hydrogens (tertiary/aromatic N) is 1. The van der Waals surface area contributed by atoms with Gasteiger partial charge in [-0.2, -0.15) is 0 Å². The van der Waals surface area contributed by atoms with Crippen molar-refractivity contribution in [3.8, 4) is 0 Å². The largest absolute Gasteiger partial charge is 0.462 e. The summed E-state index contributed by atoms with van der Waals surface area (Å²) in [7, 11) is 2.02. The molecular formula is C11H22N2O3. The highest BCUT2D eigenvalue weighted by Crippen LogP contribution is 2.05. The van der Waals surface area contributed by atoms with E-state index in [1.165, 1.54) is 0 Å². The van der Waals surface area contributed by atoms with Crippen LogP contribution in [-0.2, 0) is 14.3 Å². The molecule has 5 nitrogen and oxygen atoms in total. The van der Waals surface area contributed by atoms with Gasteiger partial charge in [0.15, 0.2) is 0 Å². The van der Waals surface area contributed by atoms with Crippen LogP contribution in [0, 0.1) is 5.92 Å². The molecule has 16 heavy (non-hydrogen) atoms. The zero-order chi connectivity index (χ0) is 12.1. The van der Waals surface area contributed by atoms with Crippen LogP contribution < -0.4 is 5.73 Å². The fourth-order valence-corrected chi connectivity index (χ4v) is 1.51. The van der Waals surface area contributed by atoms with Crippen molar-refractivity contribution in [2.24, 2.45) is 11.7 Å². The maximum Gasteiger partial charge on any atom is 0.323 e. The quantitative estimate of drug-likeness (QED) is 0.680. The number of esters is 1. The highest BCUT2D eigenvalue weighted by atomic mass is 16.6. The minimum absolute atomic E-state index is 0.0259. The first-order valence-corrected chi connectivity index (χ1v) is 5.73. The molecule has 2 atom stereocenters. The van der Waals surface area contributed by atoms with Crippen LogP contribution in [-0.4, -0.2) is 56.4 Å². The molecule has 5 heteroatoms. The van der Waals surface area contributed by atoms with Gasteiger partial charge in [0.25, 0.3) is 0 Å². The third-order valence-corrected chi connectivity index (χ3v) is 2.74. The molecule has 0 spiro atoms. The van der Waals surface area contributed by atoms with Crippen molar-refractivity contribution in [3.63, 3.8) is 0 Å². The monoisotopic (exact) mass is 230 g/mol. The number of carbonyl (C=O) groups excluding carboxylic acids is 1. The van der Waals surface area contributed by atoms with Crippen molar-refractivity contribution in [2.45, 2.75) is 26.0 Å². The third kappa shape index (κ3) is 4.08. The van der Waals surface area contributed by atoms with Crippen molar-refractivity contribution in [1.82, 2.24) is 4.90 Å². The standard InChI is InChI=1S/C11H22N2O3/c1-8(2)10(12)11(14)16-7-9-6-13(3)4-5-15-9/h8-10H,4-7,12H2,1-3H3/t9-,10-/m0/s1. The first-order valence-electron chi connectivity index (χ1n) is 5.73. The van der Waals surface area contributed by atoms with E-state index in [2.05, 4.69) is 4.90 Å². The average molecular weight is 230 g/mol. The van der Waals surface area contributed by atoms with Gasteiger partial charge in [-0.05, 0) is 13.0 Å². The van der Waals surface area contributed by atoms with E-state index in [1.54, 1.807) is 0 Å². The molecule has 1 heterocycles. The maximum absolute atomic E-state index is 11.5. The number of rotatable bonds is 4. The lowest BCUT2D eigenvalue weighted by Gasteiger charge is -2.29. The van der Waals surface area contributed by atoms with E-state index in [0.717, 1.165) is 13.1 Å². The van der Waals surface area contributed by atoms with Gasteiger partial charge in [-0.1, -0.05) is 13.8 Å². The van der Waals surface area contributed by atoms with Crippen molar-refractivity contribution < 1.29 is 14.3 Å². The molecule has 1 aliphatic rings. The number of hydrogen-bond donors (Lipinski definition) is 1. The molecule has 1 fully saturated rings. The maximum atomic E-state index is 11.5. The van der Waals surface area contributed by atoms with E-state index in [9.17, 15) is 4.79 Å². The molecule has 1 aliphatic heterocycles. The molecule has 0 radical (unpaired) electrons. The summed E-state index contributed by atoms with van der Waals surface area (Å²) in [6.07, 6.45) is -0.0259. The van der Waals surface area contributed by atoms with Gasteiger partial charge < -0.3 is 20.1 Å². The number of ether oxygens (including phenoxy) is 2. The lowest BCUT2D eigenvalue weighted by molar-refractivity contribution is -0.152. The van der Waals surface area contributed by atoms with Crippen LogP contribution in [0.4, 0.5) is 0 Å². The zero-order valence-corrected chi connectivity index (χ0v) is 10.3. The van der Waals surface area contributed by atoms with Gasteiger partial charge >= 0.3 is 5.97 Å². The summed E-state index contributed by atoms with van der Waals surface area (Å²) in [5.74, 6) is -0.241. The van der Waals surface area contributed by atoms with Crippen LogP contribution in [0.1, 0.15) is 13.8 Å². The number of morpholine rings is 1. The number of nitrogens with two attached hydrogens (primary N) is 1. The lowest BCUT2D eigenvalue weighted by atomic mass is 10.1. The fourth-order valence-electron chi connectivity index (χ4n) is 1.51. The van der Waals surface area contributed by atoms with Crippen LogP contribution in [0.3, 0.4) is 0 Å². The average Bonchev–Trinajstić information content (AvgIpc) is 2.24. The van der Waals surface area contributed by atoms with E-state index in [4.69, 9.17) is 15.2 Å². The summed E-state index contributed by atoms with van der Waals surface area (Å²) in [6, 6.07) is -0.540. The molecule has 0 aromatic rings. The van der Waals surface area contributed by atoms with E-state index < -0.39 is 6.04 Å². The Morgan fingerprint density at radius 1 is 1.62 bits per heavy atom. The second-order valence-electron chi connectivity index (χ2n) is 4.65. The summed E-state index contributed by atoms with van der Waals surface area (Å²) >= 11 is 0. The van der Waals surface area contributed by atoms with Crippen LogP contribution >= 0.6 is 0 Å². The Labute approximate surface area is 96.9 Å². The Morgan fingerprint density at radius 3 is 2.88 bits per heavy atom. The topological polar surface area (TPSA) is 64.8 Å². The van der Waals surface area contributed by atoms with Crippen molar-refractivity contribution >= 4 is 5.97 Å². The first-order chi connectivity index (χ1) is 7.50. The molecule has 0 amide bonds. The van der Waals surface area contributed by atoms with Gasteiger partial charge in [0, 0.05) is 13.1 Å². The molecule has 0 aromatic heterocycles. The highest BCUT2D eigenvalue weighted by Gasteiger charge is 2.23. The van der Waals surface area contributed by atoms with E-state index in [-0.39, 0.29) is 18.0 Å². The zero-order valence-electron chi connectivity index (χ0n) is 10.3. The number of carbonyl (C=O) groups is 1. The molecule has 0 bridgehead atoms. The summed E-state index contributed by atoms with van der Waals surface area (Å²) < 4.78 is 10.6. The van der Waals surface area contributed by atoms with Crippen molar-refractivity contribution in [1.29, 1.82) is 0 Å². The van der Waals surface area contributed by atoms with Crippen LogP contribution in [0.2, 0.25) is 0 Å². The summed E-state index contributed by atoms with van der Waals surface area (Å²) in [5, 5.41) is 0. The van der Waals surface area contributed by atoms with E-state index >= 15 is 0 Å². The molecule has 0 unspecified atom stereocenters. The van der Waals surface area contributed by atoms with E-state index in [1.807, 2.05) is 20.9 Å². The number of likely N-dealkylation sites (N-methyl/N-ethyl adjacent to an activating group) is 1. The SMILES string of the molecule is CC(C)[C@H](N)C(=O)OC[C@@H]1CN(C)CCO1. The second-order valence-corrected chi connectivity index (χ2v) is 4.65. The third-order valence-electron chi connectivity index (χ3n) is 2.74. The lowest BCUT2D eigenvalue weighted by Crippen LogP contribution is -2.44.